The molecule has 0 aliphatic rings. The topological polar surface area (TPSA) is 61.9 Å². The Balaban J connectivity index is 2.44. The summed E-state index contributed by atoms with van der Waals surface area (Å²) in [7, 11) is 0. The van der Waals surface area contributed by atoms with Crippen LogP contribution in [0.25, 0.3) is 10.4 Å². The van der Waals surface area contributed by atoms with Crippen LogP contribution in [0.1, 0.15) is 5.76 Å². The van der Waals surface area contributed by atoms with E-state index in [-0.39, 0.29) is 0 Å². The Bertz CT molecular complexity index is 277. The first-order valence-electron chi connectivity index (χ1n) is 3.06. The lowest BCUT2D eigenvalue weighted by Gasteiger charge is -1.86. The highest BCUT2D eigenvalue weighted by Gasteiger charge is 1.96. The van der Waals surface area contributed by atoms with Gasteiger partial charge < -0.3 is 4.42 Å². The van der Waals surface area contributed by atoms with Crippen molar-refractivity contribution in [2.24, 2.45) is 5.11 Å². The van der Waals surface area contributed by atoms with E-state index in [1.54, 1.807) is 6.26 Å². The van der Waals surface area contributed by atoms with Crippen LogP contribution in [0.4, 0.5) is 0 Å². The summed E-state index contributed by atoms with van der Waals surface area (Å²) in [6.45, 7) is 0.441. The van der Waals surface area contributed by atoms with Crippen LogP contribution in [0.5, 0.6) is 0 Å². The van der Waals surface area contributed by atoms with Crippen molar-refractivity contribution in [3.8, 4) is 0 Å². The van der Waals surface area contributed by atoms with E-state index in [9.17, 15) is 0 Å². The van der Waals surface area contributed by atoms with E-state index < -0.39 is 0 Å². The molecule has 0 bridgehead atoms. The zero-order valence-electron chi connectivity index (χ0n) is 5.70. The van der Waals surface area contributed by atoms with Crippen LogP contribution in [0.2, 0.25) is 0 Å². The molecule has 1 rings (SSSR count). The van der Waals surface area contributed by atoms with Crippen molar-refractivity contribution >= 4 is 15.9 Å². The Morgan fingerprint density at radius 1 is 1.73 bits per heavy atom. The molecule has 0 N–H and O–H groups in total. The van der Waals surface area contributed by atoms with Gasteiger partial charge in [0.05, 0.1) is 4.47 Å². The fourth-order valence-corrected chi connectivity index (χ4v) is 1.04. The van der Waals surface area contributed by atoms with Crippen molar-refractivity contribution in [1.29, 1.82) is 0 Å². The average Bonchev–Trinajstić information content (AvgIpc) is 2.37. The molecule has 0 unspecified atom stereocenters. The number of azide groups is 1. The van der Waals surface area contributed by atoms with E-state index in [4.69, 9.17) is 9.95 Å². The molecule has 1 aromatic rings. The number of furan rings is 1. The molecule has 5 heteroatoms. The Morgan fingerprint density at radius 3 is 3.09 bits per heavy atom. The third-order valence-electron chi connectivity index (χ3n) is 1.14. The van der Waals surface area contributed by atoms with Gasteiger partial charge in [-0.2, -0.15) is 0 Å². The quantitative estimate of drug-likeness (QED) is 0.435. The molecule has 4 nitrogen and oxygen atoms in total. The van der Waals surface area contributed by atoms with E-state index in [2.05, 4.69) is 26.0 Å². The van der Waals surface area contributed by atoms with Gasteiger partial charge in [0.1, 0.15) is 12.0 Å². The second kappa shape index (κ2) is 4.05. The van der Waals surface area contributed by atoms with Gasteiger partial charge in [0, 0.05) is 17.9 Å². The van der Waals surface area contributed by atoms with E-state index in [1.807, 2.05) is 6.07 Å². The molecule has 0 spiro atoms. The molecule has 0 radical (unpaired) electrons. The lowest BCUT2D eigenvalue weighted by molar-refractivity contribution is 0.510. The zero-order chi connectivity index (χ0) is 8.10. The smallest absolute Gasteiger partial charge is 0.105 e. The number of hydrogen-bond donors (Lipinski definition) is 0. The van der Waals surface area contributed by atoms with Crippen molar-refractivity contribution in [2.45, 2.75) is 6.42 Å². The molecule has 0 aromatic carbocycles. The number of nitrogens with zero attached hydrogens (tertiary/aromatic N) is 3. The minimum atomic E-state index is 0.441. The highest BCUT2D eigenvalue weighted by molar-refractivity contribution is 9.10. The third kappa shape index (κ3) is 2.65. The first-order chi connectivity index (χ1) is 5.33. The molecular formula is C6H6BrN3O. The van der Waals surface area contributed by atoms with Gasteiger partial charge in [-0.3, -0.25) is 0 Å². The number of halogens is 1. The van der Waals surface area contributed by atoms with Gasteiger partial charge in [-0.05, 0) is 27.5 Å². The molecule has 1 heterocycles. The lowest BCUT2D eigenvalue weighted by Crippen LogP contribution is -1.83. The van der Waals surface area contributed by atoms with Crippen LogP contribution in [0.15, 0.2) is 26.3 Å². The van der Waals surface area contributed by atoms with Gasteiger partial charge >= 0.3 is 0 Å². The first-order valence-corrected chi connectivity index (χ1v) is 3.86. The summed E-state index contributed by atoms with van der Waals surface area (Å²) < 4.78 is 5.99. The minimum absolute atomic E-state index is 0.441. The van der Waals surface area contributed by atoms with E-state index >= 15 is 0 Å². The summed E-state index contributed by atoms with van der Waals surface area (Å²) in [6, 6.07) is 1.85. The monoisotopic (exact) mass is 215 g/mol. The van der Waals surface area contributed by atoms with Gasteiger partial charge in [-0.1, -0.05) is 5.11 Å². The van der Waals surface area contributed by atoms with Crippen LogP contribution < -0.4 is 0 Å². The largest absolute Gasteiger partial charge is 0.468 e. The maximum absolute atomic E-state index is 7.97. The molecule has 1 aromatic heterocycles. The van der Waals surface area contributed by atoms with E-state index in [0.717, 1.165) is 10.2 Å². The highest BCUT2D eigenvalue weighted by Crippen LogP contribution is 2.14. The maximum atomic E-state index is 7.97. The molecule has 0 aliphatic carbocycles. The average molecular weight is 216 g/mol. The predicted octanol–water partition coefficient (Wildman–Crippen LogP) is 2.89. The van der Waals surface area contributed by atoms with Crippen LogP contribution >= 0.6 is 15.9 Å². The fraction of sp³-hybridized carbons (Fsp3) is 0.333. The van der Waals surface area contributed by atoms with Crippen molar-refractivity contribution in [3.63, 3.8) is 0 Å². The molecule has 0 amide bonds. The molecule has 0 fully saturated rings. The summed E-state index contributed by atoms with van der Waals surface area (Å²) in [6.07, 6.45) is 2.25. The summed E-state index contributed by atoms with van der Waals surface area (Å²) >= 11 is 3.24. The third-order valence-corrected chi connectivity index (χ3v) is 1.56. The number of rotatable bonds is 3. The van der Waals surface area contributed by atoms with Gasteiger partial charge in [0.2, 0.25) is 0 Å². The fourth-order valence-electron chi connectivity index (χ4n) is 0.690. The van der Waals surface area contributed by atoms with E-state index in [1.165, 1.54) is 0 Å². The Kier molecular flexibility index (Phi) is 3.01. The van der Waals surface area contributed by atoms with Gasteiger partial charge in [0.25, 0.3) is 0 Å². The summed E-state index contributed by atoms with van der Waals surface area (Å²) in [4.78, 5) is 2.63. The molecule has 0 saturated heterocycles. The van der Waals surface area contributed by atoms with Gasteiger partial charge in [0.15, 0.2) is 0 Å². The van der Waals surface area contributed by atoms with Crippen LogP contribution in [-0.4, -0.2) is 6.54 Å². The number of hydrogen-bond acceptors (Lipinski definition) is 2. The SMILES string of the molecule is [N-]=[N+]=NCCc1cc(Br)co1. The molecular weight excluding hydrogens is 210 g/mol. The maximum Gasteiger partial charge on any atom is 0.105 e. The Morgan fingerprint density at radius 2 is 2.55 bits per heavy atom. The van der Waals surface area contributed by atoms with Crippen LogP contribution in [0.3, 0.4) is 0 Å². The standard InChI is InChI=1S/C6H6BrN3O/c7-5-3-6(11-4-5)1-2-9-10-8/h3-4H,1-2H2. The molecule has 58 valence electrons. The van der Waals surface area contributed by atoms with Crippen LogP contribution in [0, 0.1) is 0 Å². The van der Waals surface area contributed by atoms with Crippen LogP contribution in [-0.2, 0) is 6.42 Å². The normalized spacial score (nSPS) is 9.18. The predicted molar refractivity (Wildman–Crippen MR) is 44.1 cm³/mol. The second-order valence-corrected chi connectivity index (χ2v) is 2.85. The molecule has 11 heavy (non-hydrogen) atoms. The van der Waals surface area contributed by atoms with Gasteiger partial charge in [-0.15, -0.1) is 0 Å². The minimum Gasteiger partial charge on any atom is -0.468 e. The Labute approximate surface area is 72.0 Å². The van der Waals surface area contributed by atoms with E-state index in [0.29, 0.717) is 13.0 Å². The summed E-state index contributed by atoms with van der Waals surface area (Å²) in [5.41, 5.74) is 7.97. The zero-order valence-corrected chi connectivity index (χ0v) is 7.28. The summed E-state index contributed by atoms with van der Waals surface area (Å²) in [5, 5.41) is 3.38. The molecule has 0 saturated carbocycles. The van der Waals surface area contributed by atoms with Crippen molar-refractivity contribution < 1.29 is 4.42 Å². The van der Waals surface area contributed by atoms with Gasteiger partial charge in [-0.25, -0.2) is 0 Å². The Hall–Kier alpha value is -0.930. The van der Waals surface area contributed by atoms with Crippen molar-refractivity contribution in [1.82, 2.24) is 0 Å². The second-order valence-electron chi connectivity index (χ2n) is 1.94. The highest BCUT2D eigenvalue weighted by atomic mass is 79.9. The van der Waals surface area contributed by atoms with Crippen molar-refractivity contribution in [3.05, 3.63) is 33.0 Å². The molecule has 0 atom stereocenters. The van der Waals surface area contributed by atoms with Crippen molar-refractivity contribution in [2.75, 3.05) is 6.54 Å². The summed E-state index contributed by atoms with van der Waals surface area (Å²) in [5.74, 6) is 0.823. The lowest BCUT2D eigenvalue weighted by atomic mass is 10.3. The first kappa shape index (κ1) is 8.17. The molecule has 0 aliphatic heterocycles.